The lowest BCUT2D eigenvalue weighted by Crippen LogP contribution is -2.51. The van der Waals surface area contributed by atoms with E-state index in [9.17, 15) is 5.11 Å². The number of aliphatic imine (C=N–C) groups is 1. The van der Waals surface area contributed by atoms with Crippen LogP contribution >= 0.6 is 0 Å². The fraction of sp³-hybridized carbons (Fsp3) is 0.737. The molecule has 2 saturated heterocycles. The number of anilines is 1. The number of ether oxygens (including phenoxy) is 1. The molecule has 1 aromatic heterocycles. The van der Waals surface area contributed by atoms with E-state index in [1.165, 1.54) is 0 Å². The molecular weight excluding hydrogens is 344 g/mol. The predicted octanol–water partition coefficient (Wildman–Crippen LogP) is 0.481. The Hall–Kier alpha value is -1.93. The molecule has 0 aromatic carbocycles. The third-order valence-electron chi connectivity index (χ3n) is 6.50. The highest BCUT2D eigenvalue weighted by molar-refractivity contribution is 5.78. The van der Waals surface area contributed by atoms with Crippen molar-refractivity contribution < 1.29 is 9.84 Å². The Morgan fingerprint density at radius 1 is 1.19 bits per heavy atom. The Labute approximate surface area is 160 Å². The average Bonchev–Trinajstić information content (AvgIpc) is 3.03. The van der Waals surface area contributed by atoms with Crippen LogP contribution in [0.5, 0.6) is 0 Å². The topological polar surface area (TPSA) is 100 Å². The van der Waals surface area contributed by atoms with E-state index in [1.54, 1.807) is 12.4 Å². The quantitative estimate of drug-likeness (QED) is 0.586. The van der Waals surface area contributed by atoms with Crippen molar-refractivity contribution in [3.05, 3.63) is 18.5 Å². The molecule has 1 saturated carbocycles. The van der Waals surface area contributed by atoms with Gasteiger partial charge in [-0.3, -0.25) is 4.99 Å². The lowest BCUT2D eigenvalue weighted by Gasteiger charge is -2.37. The minimum atomic E-state index is -0.287. The van der Waals surface area contributed by atoms with Gasteiger partial charge in [-0.25, -0.2) is 9.97 Å². The summed E-state index contributed by atoms with van der Waals surface area (Å²) in [5.74, 6) is 1.56. The van der Waals surface area contributed by atoms with Crippen molar-refractivity contribution in [1.29, 1.82) is 0 Å². The molecule has 3 aliphatic rings. The molecule has 2 atom stereocenters. The second-order valence-corrected chi connectivity index (χ2v) is 7.94. The number of piperazine rings is 1. The summed E-state index contributed by atoms with van der Waals surface area (Å²) in [7, 11) is 0. The Balaban J connectivity index is 1.29. The maximum atomic E-state index is 10.8. The number of nitrogens with two attached hydrogens (primary N) is 1. The van der Waals surface area contributed by atoms with Crippen LogP contribution in [-0.2, 0) is 4.74 Å². The fourth-order valence-corrected chi connectivity index (χ4v) is 4.69. The van der Waals surface area contributed by atoms with Crippen LogP contribution in [0, 0.1) is 11.3 Å². The Morgan fingerprint density at radius 2 is 1.89 bits per heavy atom. The second-order valence-electron chi connectivity index (χ2n) is 7.94. The summed E-state index contributed by atoms with van der Waals surface area (Å²) < 4.78 is 5.48. The van der Waals surface area contributed by atoms with Gasteiger partial charge < -0.3 is 25.4 Å². The number of guanidine groups is 1. The number of hydrogen-bond donors (Lipinski definition) is 2. The zero-order chi connectivity index (χ0) is 18.7. The predicted molar refractivity (Wildman–Crippen MR) is 104 cm³/mol. The van der Waals surface area contributed by atoms with Crippen LogP contribution in [0.2, 0.25) is 0 Å². The molecule has 27 heavy (non-hydrogen) atoms. The Kier molecular flexibility index (Phi) is 5.45. The van der Waals surface area contributed by atoms with Gasteiger partial charge in [-0.15, -0.1) is 0 Å². The molecule has 3 fully saturated rings. The van der Waals surface area contributed by atoms with Gasteiger partial charge in [-0.1, -0.05) is 0 Å². The molecule has 3 heterocycles. The van der Waals surface area contributed by atoms with E-state index in [-0.39, 0.29) is 17.4 Å². The summed E-state index contributed by atoms with van der Waals surface area (Å²) in [5.41, 5.74) is 6.30. The van der Waals surface area contributed by atoms with Crippen molar-refractivity contribution in [2.75, 3.05) is 50.8 Å². The molecule has 3 N–H and O–H groups in total. The van der Waals surface area contributed by atoms with Crippen LogP contribution in [0.3, 0.4) is 0 Å². The van der Waals surface area contributed by atoms with Crippen LogP contribution in [0.15, 0.2) is 23.5 Å². The molecule has 4 rings (SSSR count). The summed E-state index contributed by atoms with van der Waals surface area (Å²) in [6.45, 7) is 5.42. The molecular formula is C19H30N6O2. The van der Waals surface area contributed by atoms with E-state index < -0.39 is 0 Å². The highest BCUT2D eigenvalue weighted by atomic mass is 16.5. The molecule has 1 aromatic rings. The van der Waals surface area contributed by atoms with Gasteiger partial charge >= 0.3 is 0 Å². The normalized spacial score (nSPS) is 28.7. The van der Waals surface area contributed by atoms with Gasteiger partial charge in [0.2, 0.25) is 5.95 Å². The SMILES string of the molecule is NC(=NCC1CCC2(CCOCC2)C1O)N1CCN(c2ncccn2)CC1. The van der Waals surface area contributed by atoms with E-state index >= 15 is 0 Å². The number of aliphatic hydroxyl groups is 1. The van der Waals surface area contributed by atoms with E-state index in [0.29, 0.717) is 12.5 Å². The van der Waals surface area contributed by atoms with Crippen LogP contribution in [0.4, 0.5) is 5.95 Å². The number of rotatable bonds is 3. The fourth-order valence-electron chi connectivity index (χ4n) is 4.69. The first-order chi connectivity index (χ1) is 13.2. The molecule has 2 aliphatic heterocycles. The molecule has 1 spiro atoms. The molecule has 1 aliphatic carbocycles. The van der Waals surface area contributed by atoms with E-state index in [1.807, 2.05) is 6.07 Å². The average molecular weight is 374 g/mol. The minimum Gasteiger partial charge on any atom is -0.392 e. The molecule has 148 valence electrons. The van der Waals surface area contributed by atoms with Crippen molar-refractivity contribution in [3.63, 3.8) is 0 Å². The van der Waals surface area contributed by atoms with Gasteiger partial charge in [0.05, 0.1) is 6.10 Å². The largest absolute Gasteiger partial charge is 0.392 e. The summed E-state index contributed by atoms with van der Waals surface area (Å²) >= 11 is 0. The molecule has 8 nitrogen and oxygen atoms in total. The van der Waals surface area contributed by atoms with Gasteiger partial charge in [-0.2, -0.15) is 0 Å². The van der Waals surface area contributed by atoms with Gasteiger partial charge in [0.1, 0.15) is 0 Å². The number of aromatic nitrogens is 2. The Bertz CT molecular complexity index is 641. The van der Waals surface area contributed by atoms with Crippen LogP contribution in [-0.4, -0.2) is 78.0 Å². The van der Waals surface area contributed by atoms with Crippen molar-refractivity contribution in [1.82, 2.24) is 14.9 Å². The van der Waals surface area contributed by atoms with E-state index in [4.69, 9.17) is 10.5 Å². The second kappa shape index (κ2) is 7.98. The number of nitrogens with zero attached hydrogens (tertiary/aromatic N) is 5. The number of hydrogen-bond acceptors (Lipinski definition) is 6. The van der Waals surface area contributed by atoms with Gasteiger partial charge in [0.25, 0.3) is 0 Å². The van der Waals surface area contributed by atoms with Gasteiger partial charge in [-0.05, 0) is 31.7 Å². The lowest BCUT2D eigenvalue weighted by molar-refractivity contribution is -0.0549. The minimum absolute atomic E-state index is 0.0501. The summed E-state index contributed by atoms with van der Waals surface area (Å²) in [5, 5.41) is 10.8. The first kappa shape index (κ1) is 18.4. The Morgan fingerprint density at radius 3 is 2.59 bits per heavy atom. The van der Waals surface area contributed by atoms with Crippen LogP contribution in [0.1, 0.15) is 25.7 Å². The molecule has 0 bridgehead atoms. The maximum absolute atomic E-state index is 10.8. The summed E-state index contributed by atoms with van der Waals surface area (Å²) in [6, 6.07) is 1.83. The van der Waals surface area contributed by atoms with Crippen molar-refractivity contribution in [2.45, 2.75) is 31.8 Å². The highest BCUT2D eigenvalue weighted by Gasteiger charge is 2.48. The zero-order valence-corrected chi connectivity index (χ0v) is 15.8. The van der Waals surface area contributed by atoms with Gasteiger partial charge in [0, 0.05) is 69.7 Å². The molecule has 8 heteroatoms. The summed E-state index contributed by atoms with van der Waals surface area (Å²) in [4.78, 5) is 17.5. The van der Waals surface area contributed by atoms with E-state index in [2.05, 4.69) is 24.8 Å². The standard InChI is InChI=1S/C19H30N6O2/c20-17(24-8-10-25(11-9-24)18-21-6-1-7-22-18)23-14-15-2-3-19(16(15)26)4-12-27-13-5-19/h1,6-7,15-16,26H,2-5,8-14H2,(H2,20,23). The van der Waals surface area contributed by atoms with Crippen molar-refractivity contribution in [2.24, 2.45) is 22.1 Å². The first-order valence-electron chi connectivity index (χ1n) is 10.0. The zero-order valence-electron chi connectivity index (χ0n) is 15.8. The third kappa shape index (κ3) is 3.87. The summed E-state index contributed by atoms with van der Waals surface area (Å²) in [6.07, 6.45) is 7.28. The monoisotopic (exact) mass is 374 g/mol. The first-order valence-corrected chi connectivity index (χ1v) is 10.0. The molecule has 2 unspecified atom stereocenters. The third-order valence-corrected chi connectivity index (χ3v) is 6.50. The molecule has 0 amide bonds. The van der Waals surface area contributed by atoms with Crippen molar-refractivity contribution >= 4 is 11.9 Å². The van der Waals surface area contributed by atoms with Crippen LogP contribution < -0.4 is 10.6 Å². The smallest absolute Gasteiger partial charge is 0.225 e. The van der Waals surface area contributed by atoms with Crippen molar-refractivity contribution in [3.8, 4) is 0 Å². The number of aliphatic hydroxyl groups excluding tert-OH is 1. The van der Waals surface area contributed by atoms with E-state index in [0.717, 1.165) is 71.0 Å². The maximum Gasteiger partial charge on any atom is 0.225 e. The highest BCUT2D eigenvalue weighted by Crippen LogP contribution is 2.48. The van der Waals surface area contributed by atoms with Crippen LogP contribution in [0.25, 0.3) is 0 Å². The molecule has 0 radical (unpaired) electrons. The lowest BCUT2D eigenvalue weighted by atomic mass is 9.76. The van der Waals surface area contributed by atoms with Gasteiger partial charge in [0.15, 0.2) is 5.96 Å².